The molecule has 212 valence electrons. The van der Waals surface area contributed by atoms with Crippen molar-refractivity contribution in [1.29, 1.82) is 0 Å². The van der Waals surface area contributed by atoms with Gasteiger partial charge >= 0.3 is 0 Å². The Bertz CT molecular complexity index is 1540. The predicted molar refractivity (Wildman–Crippen MR) is 160 cm³/mol. The summed E-state index contributed by atoms with van der Waals surface area (Å²) in [5, 5.41) is 0.838. The predicted octanol–water partition coefficient (Wildman–Crippen LogP) is 4.83. The number of carbonyl (C=O) groups excluding carboxylic acids is 1. The Balaban J connectivity index is 1.21. The van der Waals surface area contributed by atoms with Crippen LogP contribution in [-0.2, 0) is 9.53 Å². The quantitative estimate of drug-likeness (QED) is 0.313. The molecule has 4 aromatic rings. The van der Waals surface area contributed by atoms with Crippen LogP contribution in [0.5, 0.6) is 11.5 Å². The normalized spacial score (nSPS) is 19.1. The Morgan fingerprint density at radius 3 is 2.66 bits per heavy atom. The molecule has 2 aliphatic heterocycles. The number of rotatable bonds is 8. The number of hydrogen-bond acceptors (Lipinski definition) is 7. The van der Waals surface area contributed by atoms with Crippen molar-refractivity contribution in [1.82, 2.24) is 24.3 Å². The fraction of sp³-hybridized carbons (Fsp3) is 0.344. The molecule has 4 heterocycles. The third-order valence-electron chi connectivity index (χ3n) is 8.20. The highest BCUT2D eigenvalue weighted by Crippen LogP contribution is 2.40. The molecular formula is C32H36N6O3. The van der Waals surface area contributed by atoms with Gasteiger partial charge in [-0.1, -0.05) is 36.4 Å². The van der Waals surface area contributed by atoms with E-state index in [1.807, 2.05) is 65.6 Å². The van der Waals surface area contributed by atoms with Crippen LogP contribution in [0.25, 0.3) is 22.2 Å². The number of hydrogen-bond donors (Lipinski definition) is 1. The molecule has 2 aromatic carbocycles. The lowest BCUT2D eigenvalue weighted by atomic mass is 10.0. The van der Waals surface area contributed by atoms with Crippen LogP contribution in [0.1, 0.15) is 24.6 Å². The minimum absolute atomic E-state index is 0.0426. The highest BCUT2D eigenvalue weighted by Gasteiger charge is 2.31. The van der Waals surface area contributed by atoms with E-state index in [-0.39, 0.29) is 11.9 Å². The zero-order chi connectivity index (χ0) is 28.3. The van der Waals surface area contributed by atoms with Gasteiger partial charge in [-0.15, -0.1) is 0 Å². The molecule has 6 rings (SSSR count). The van der Waals surface area contributed by atoms with Gasteiger partial charge in [-0.3, -0.25) is 9.69 Å². The van der Waals surface area contributed by atoms with E-state index in [0.29, 0.717) is 24.9 Å². The van der Waals surface area contributed by atoms with Crippen LogP contribution in [0, 0.1) is 6.92 Å². The number of aromatic nitrogens is 3. The molecule has 2 aliphatic rings. The molecule has 0 spiro atoms. The number of nitrogen functional groups attached to an aromatic ring is 1. The van der Waals surface area contributed by atoms with Crippen molar-refractivity contribution in [2.24, 2.45) is 0 Å². The Morgan fingerprint density at radius 1 is 1.12 bits per heavy atom. The lowest BCUT2D eigenvalue weighted by molar-refractivity contribution is -0.125. The standard InChI is InChI=1S/C32H36N6O3/c1-22-29(23-10-12-27(13-11-23)41-26-7-4-3-5-8-26)30-31(33)34-21-35-32(30)38(22)24-14-17-37(19-24)28(39)9-6-16-36(2)25-15-18-40-20-25/h3-13,21,24-25H,14-20H2,1-2H3,(H2,33,34,35)/t24-,25+/m1/s1. The van der Waals surface area contributed by atoms with Crippen LogP contribution in [0.4, 0.5) is 5.82 Å². The van der Waals surface area contributed by atoms with Crippen LogP contribution in [0.15, 0.2) is 73.1 Å². The zero-order valence-corrected chi connectivity index (χ0v) is 23.6. The van der Waals surface area contributed by atoms with Gasteiger partial charge in [0, 0.05) is 49.6 Å². The van der Waals surface area contributed by atoms with Gasteiger partial charge in [-0.2, -0.15) is 0 Å². The van der Waals surface area contributed by atoms with Crippen molar-refractivity contribution in [2.75, 3.05) is 45.6 Å². The lowest BCUT2D eigenvalue weighted by Gasteiger charge is -2.21. The number of ether oxygens (including phenoxy) is 2. The molecule has 9 nitrogen and oxygen atoms in total. The molecule has 2 aromatic heterocycles. The molecule has 2 atom stereocenters. The molecule has 0 aliphatic carbocycles. The Labute approximate surface area is 240 Å². The molecular weight excluding hydrogens is 516 g/mol. The SMILES string of the molecule is Cc1c(-c2ccc(Oc3ccccc3)cc2)c2c(N)ncnc2n1[C@@H]1CCN(C(=O)C=CCN(C)[C@H]2CCOC2)C1. The number of benzene rings is 2. The van der Waals surface area contributed by atoms with Crippen molar-refractivity contribution in [3.8, 4) is 22.6 Å². The third kappa shape index (κ3) is 5.55. The summed E-state index contributed by atoms with van der Waals surface area (Å²) in [5.74, 6) is 2.03. The second-order valence-electron chi connectivity index (χ2n) is 10.8. The van der Waals surface area contributed by atoms with Crippen molar-refractivity contribution in [3.63, 3.8) is 0 Å². The van der Waals surface area contributed by atoms with E-state index in [9.17, 15) is 4.79 Å². The van der Waals surface area contributed by atoms with Gasteiger partial charge in [0.15, 0.2) is 0 Å². The number of likely N-dealkylation sites (tertiary alicyclic amines) is 1. The Morgan fingerprint density at radius 2 is 1.90 bits per heavy atom. The Kier molecular flexibility index (Phi) is 7.71. The number of nitrogens with zero attached hydrogens (tertiary/aromatic N) is 5. The fourth-order valence-electron chi connectivity index (χ4n) is 5.98. The molecule has 2 fully saturated rings. The summed E-state index contributed by atoms with van der Waals surface area (Å²) in [7, 11) is 2.08. The van der Waals surface area contributed by atoms with E-state index in [1.165, 1.54) is 6.33 Å². The van der Waals surface area contributed by atoms with E-state index in [4.69, 9.17) is 15.2 Å². The molecule has 0 bridgehead atoms. The summed E-state index contributed by atoms with van der Waals surface area (Å²) in [6.07, 6.45) is 7.07. The summed E-state index contributed by atoms with van der Waals surface area (Å²) in [6.45, 7) is 5.71. The number of para-hydroxylation sites is 1. The second kappa shape index (κ2) is 11.7. The van der Waals surface area contributed by atoms with Gasteiger partial charge in [0.1, 0.15) is 29.3 Å². The number of amides is 1. The van der Waals surface area contributed by atoms with Crippen molar-refractivity contribution in [2.45, 2.75) is 31.8 Å². The first-order valence-corrected chi connectivity index (χ1v) is 14.2. The summed E-state index contributed by atoms with van der Waals surface area (Å²) in [6, 6.07) is 18.2. The van der Waals surface area contributed by atoms with Crippen LogP contribution < -0.4 is 10.5 Å². The monoisotopic (exact) mass is 552 g/mol. The molecule has 0 saturated carbocycles. The topological polar surface area (TPSA) is 98.7 Å². The van der Waals surface area contributed by atoms with E-state index >= 15 is 0 Å². The highest BCUT2D eigenvalue weighted by molar-refractivity contribution is 6.02. The molecule has 0 unspecified atom stereocenters. The summed E-state index contributed by atoms with van der Waals surface area (Å²) in [4.78, 5) is 26.2. The number of fused-ring (bicyclic) bond motifs is 1. The van der Waals surface area contributed by atoms with Gasteiger partial charge in [0.05, 0.1) is 18.0 Å². The molecule has 41 heavy (non-hydrogen) atoms. The Hall–Kier alpha value is -4.21. The maximum atomic E-state index is 13.0. The number of anilines is 1. The average Bonchev–Trinajstić information content (AvgIpc) is 3.74. The molecule has 0 radical (unpaired) electrons. The summed E-state index contributed by atoms with van der Waals surface area (Å²) in [5.41, 5.74) is 10.3. The van der Waals surface area contributed by atoms with Gasteiger partial charge in [0.2, 0.25) is 5.91 Å². The van der Waals surface area contributed by atoms with Crippen LogP contribution >= 0.6 is 0 Å². The van der Waals surface area contributed by atoms with Gasteiger partial charge in [-0.05, 0) is 56.6 Å². The van der Waals surface area contributed by atoms with Crippen molar-refractivity contribution in [3.05, 3.63) is 78.8 Å². The van der Waals surface area contributed by atoms with E-state index < -0.39 is 0 Å². The second-order valence-corrected chi connectivity index (χ2v) is 10.8. The minimum Gasteiger partial charge on any atom is -0.457 e. The van der Waals surface area contributed by atoms with Gasteiger partial charge in [0.25, 0.3) is 0 Å². The van der Waals surface area contributed by atoms with Crippen molar-refractivity contribution >= 4 is 22.8 Å². The van der Waals surface area contributed by atoms with Crippen LogP contribution in [-0.4, -0.2) is 76.2 Å². The molecule has 9 heteroatoms. The van der Waals surface area contributed by atoms with Gasteiger partial charge < -0.3 is 24.7 Å². The maximum Gasteiger partial charge on any atom is 0.246 e. The molecule has 2 N–H and O–H groups in total. The highest BCUT2D eigenvalue weighted by atomic mass is 16.5. The first-order chi connectivity index (χ1) is 20.0. The van der Waals surface area contributed by atoms with Gasteiger partial charge in [-0.25, -0.2) is 9.97 Å². The number of nitrogens with two attached hydrogens (primary N) is 1. The number of likely N-dealkylation sites (N-methyl/N-ethyl adjacent to an activating group) is 1. The zero-order valence-electron chi connectivity index (χ0n) is 23.6. The number of carbonyl (C=O) groups is 1. The summed E-state index contributed by atoms with van der Waals surface area (Å²) >= 11 is 0. The van der Waals surface area contributed by atoms with E-state index in [0.717, 1.165) is 72.0 Å². The lowest BCUT2D eigenvalue weighted by Crippen LogP contribution is -2.32. The first kappa shape index (κ1) is 27.0. The molecule has 2 saturated heterocycles. The van der Waals surface area contributed by atoms with E-state index in [1.54, 1.807) is 6.08 Å². The van der Waals surface area contributed by atoms with Crippen molar-refractivity contribution < 1.29 is 14.3 Å². The van der Waals surface area contributed by atoms with E-state index in [2.05, 4.69) is 33.4 Å². The minimum atomic E-state index is 0.0426. The third-order valence-corrected chi connectivity index (χ3v) is 8.20. The smallest absolute Gasteiger partial charge is 0.246 e. The summed E-state index contributed by atoms with van der Waals surface area (Å²) < 4.78 is 13.7. The maximum absolute atomic E-state index is 13.0. The van der Waals surface area contributed by atoms with Crippen LogP contribution in [0.2, 0.25) is 0 Å². The fourth-order valence-corrected chi connectivity index (χ4v) is 5.98. The average molecular weight is 553 g/mol. The largest absolute Gasteiger partial charge is 0.457 e. The van der Waals surface area contributed by atoms with Crippen LogP contribution in [0.3, 0.4) is 0 Å². The molecule has 1 amide bonds. The first-order valence-electron chi connectivity index (χ1n) is 14.2.